The predicted octanol–water partition coefficient (Wildman–Crippen LogP) is 3.15. The third kappa shape index (κ3) is 2.92. The Kier molecular flexibility index (Phi) is 3.93. The van der Waals surface area contributed by atoms with Crippen LogP contribution in [0.15, 0.2) is 42.0 Å². The van der Waals surface area contributed by atoms with Gasteiger partial charge in [-0.2, -0.15) is 0 Å². The molecule has 0 unspecified atom stereocenters. The molecule has 4 nitrogen and oxygen atoms in total. The molecule has 0 aliphatic carbocycles. The molecule has 0 N–H and O–H groups in total. The minimum Gasteiger partial charge on any atom is -0.353 e. The second-order valence-electron chi connectivity index (χ2n) is 5.69. The molecule has 1 fully saturated rings. The molecule has 2 aromatic heterocycles. The molecule has 0 bridgehead atoms. The van der Waals surface area contributed by atoms with Crippen LogP contribution in [0.25, 0.3) is 10.2 Å². The molecule has 0 spiro atoms. The molecule has 0 radical (unpaired) electrons. The summed E-state index contributed by atoms with van der Waals surface area (Å²) in [5, 5.41) is 3.18. The number of hydrogen-bond donors (Lipinski definition) is 0. The first-order valence-corrected chi connectivity index (χ1v) is 8.58. The molecule has 1 saturated heterocycles. The van der Waals surface area contributed by atoms with Crippen LogP contribution in [-0.4, -0.2) is 41.0 Å². The van der Waals surface area contributed by atoms with Crippen LogP contribution < -0.4 is 4.90 Å². The number of thiophene rings is 1. The Balaban J connectivity index is 1.45. The smallest absolute Gasteiger partial charge is 0.140 e. The Labute approximate surface area is 138 Å². The van der Waals surface area contributed by atoms with Gasteiger partial charge in [-0.3, -0.25) is 4.90 Å². The monoisotopic (exact) mass is 328 g/mol. The number of aromatic nitrogens is 2. The van der Waals surface area contributed by atoms with E-state index in [2.05, 4.69) is 31.2 Å². The van der Waals surface area contributed by atoms with Gasteiger partial charge >= 0.3 is 0 Å². The maximum atomic E-state index is 13.8. The Morgan fingerprint density at radius 3 is 2.70 bits per heavy atom. The molecule has 0 saturated carbocycles. The van der Waals surface area contributed by atoms with Crippen LogP contribution in [0, 0.1) is 5.82 Å². The summed E-state index contributed by atoms with van der Waals surface area (Å²) < 4.78 is 13.8. The minimum absolute atomic E-state index is 0.120. The zero-order valence-corrected chi connectivity index (χ0v) is 13.5. The van der Waals surface area contributed by atoms with E-state index in [-0.39, 0.29) is 5.82 Å². The van der Waals surface area contributed by atoms with Gasteiger partial charge in [0.2, 0.25) is 0 Å². The summed E-state index contributed by atoms with van der Waals surface area (Å²) in [5.74, 6) is 0.896. The van der Waals surface area contributed by atoms with Crippen molar-refractivity contribution < 1.29 is 4.39 Å². The lowest BCUT2D eigenvalue weighted by atomic mass is 10.2. The molecule has 0 amide bonds. The SMILES string of the molecule is Fc1ccccc1CN1CCN(c2ncnc3sccc23)CC1. The van der Waals surface area contributed by atoms with E-state index in [1.807, 2.05) is 12.1 Å². The summed E-state index contributed by atoms with van der Waals surface area (Å²) in [5.41, 5.74) is 0.767. The number of benzene rings is 1. The fourth-order valence-electron chi connectivity index (χ4n) is 3.01. The lowest BCUT2D eigenvalue weighted by molar-refractivity contribution is 0.246. The normalized spacial score (nSPS) is 16.1. The largest absolute Gasteiger partial charge is 0.353 e. The summed E-state index contributed by atoms with van der Waals surface area (Å²) in [7, 11) is 0. The Hall–Kier alpha value is -2.05. The molecule has 1 aliphatic heterocycles. The number of piperazine rings is 1. The van der Waals surface area contributed by atoms with Gasteiger partial charge in [0.25, 0.3) is 0 Å². The molecule has 1 aliphatic rings. The van der Waals surface area contributed by atoms with Crippen molar-refractivity contribution in [3.8, 4) is 0 Å². The number of hydrogen-bond acceptors (Lipinski definition) is 5. The molecule has 3 aromatic rings. The molecular weight excluding hydrogens is 311 g/mol. The first-order valence-electron chi connectivity index (χ1n) is 7.70. The Morgan fingerprint density at radius 2 is 1.87 bits per heavy atom. The summed E-state index contributed by atoms with van der Waals surface area (Å²) in [4.78, 5) is 14.4. The van der Waals surface area contributed by atoms with Crippen molar-refractivity contribution in [3.05, 3.63) is 53.4 Å². The van der Waals surface area contributed by atoms with Gasteiger partial charge in [-0.15, -0.1) is 11.3 Å². The van der Waals surface area contributed by atoms with E-state index in [0.29, 0.717) is 6.54 Å². The topological polar surface area (TPSA) is 32.3 Å². The van der Waals surface area contributed by atoms with Gasteiger partial charge < -0.3 is 4.90 Å². The van der Waals surface area contributed by atoms with Crippen molar-refractivity contribution in [2.24, 2.45) is 0 Å². The van der Waals surface area contributed by atoms with E-state index in [4.69, 9.17) is 0 Å². The van der Waals surface area contributed by atoms with Crippen LogP contribution in [0.3, 0.4) is 0 Å². The molecule has 23 heavy (non-hydrogen) atoms. The number of rotatable bonds is 3. The van der Waals surface area contributed by atoms with Gasteiger partial charge in [-0.25, -0.2) is 14.4 Å². The highest BCUT2D eigenvalue weighted by Crippen LogP contribution is 2.27. The fourth-order valence-corrected chi connectivity index (χ4v) is 3.74. The second-order valence-corrected chi connectivity index (χ2v) is 6.59. The maximum Gasteiger partial charge on any atom is 0.140 e. The van der Waals surface area contributed by atoms with Crippen molar-refractivity contribution in [3.63, 3.8) is 0 Å². The summed E-state index contributed by atoms with van der Waals surface area (Å²) in [6.45, 7) is 4.28. The van der Waals surface area contributed by atoms with Crippen LogP contribution in [0.5, 0.6) is 0 Å². The highest BCUT2D eigenvalue weighted by atomic mass is 32.1. The first kappa shape index (κ1) is 14.5. The third-order valence-corrected chi connectivity index (χ3v) is 5.09. The van der Waals surface area contributed by atoms with Gasteiger partial charge in [0.1, 0.15) is 22.8 Å². The molecular formula is C17H17FN4S. The standard InChI is InChI=1S/C17H17FN4S/c18-15-4-2-1-3-13(15)11-21-6-8-22(9-7-21)16-14-5-10-23-17(14)20-12-19-16/h1-5,10,12H,6-9,11H2. The fraction of sp³-hybridized carbons (Fsp3) is 0.294. The van der Waals surface area contributed by atoms with E-state index in [0.717, 1.165) is 47.8 Å². The highest BCUT2D eigenvalue weighted by Gasteiger charge is 2.20. The maximum absolute atomic E-state index is 13.8. The molecule has 4 rings (SSSR count). The quantitative estimate of drug-likeness (QED) is 0.739. The number of anilines is 1. The van der Waals surface area contributed by atoms with E-state index >= 15 is 0 Å². The average molecular weight is 328 g/mol. The van der Waals surface area contributed by atoms with Gasteiger partial charge in [-0.1, -0.05) is 18.2 Å². The molecule has 0 atom stereocenters. The number of nitrogens with zero attached hydrogens (tertiary/aromatic N) is 4. The summed E-state index contributed by atoms with van der Waals surface area (Å²) in [6.07, 6.45) is 1.64. The Bertz CT molecular complexity index is 811. The van der Waals surface area contributed by atoms with Gasteiger partial charge in [0, 0.05) is 38.3 Å². The van der Waals surface area contributed by atoms with E-state index < -0.39 is 0 Å². The van der Waals surface area contributed by atoms with Gasteiger partial charge in [-0.05, 0) is 17.5 Å². The second kappa shape index (κ2) is 6.22. The number of halogens is 1. The summed E-state index contributed by atoms with van der Waals surface area (Å²) >= 11 is 1.64. The Morgan fingerprint density at radius 1 is 1.04 bits per heavy atom. The highest BCUT2D eigenvalue weighted by molar-refractivity contribution is 7.16. The lowest BCUT2D eigenvalue weighted by Gasteiger charge is -2.35. The van der Waals surface area contributed by atoms with E-state index in [1.165, 1.54) is 6.07 Å². The van der Waals surface area contributed by atoms with Crippen molar-refractivity contribution in [2.45, 2.75) is 6.54 Å². The van der Waals surface area contributed by atoms with Crippen molar-refractivity contribution in [2.75, 3.05) is 31.1 Å². The molecule has 1 aromatic carbocycles. The zero-order valence-electron chi connectivity index (χ0n) is 12.7. The van der Waals surface area contributed by atoms with Gasteiger partial charge in [0.15, 0.2) is 0 Å². The van der Waals surface area contributed by atoms with Crippen LogP contribution in [0.2, 0.25) is 0 Å². The minimum atomic E-state index is -0.120. The number of fused-ring (bicyclic) bond motifs is 1. The van der Waals surface area contributed by atoms with Crippen molar-refractivity contribution in [1.29, 1.82) is 0 Å². The van der Waals surface area contributed by atoms with E-state index in [9.17, 15) is 4.39 Å². The van der Waals surface area contributed by atoms with E-state index in [1.54, 1.807) is 23.7 Å². The molecule has 3 heterocycles. The predicted molar refractivity (Wildman–Crippen MR) is 91.3 cm³/mol. The van der Waals surface area contributed by atoms with Crippen molar-refractivity contribution in [1.82, 2.24) is 14.9 Å². The van der Waals surface area contributed by atoms with Crippen LogP contribution in [-0.2, 0) is 6.54 Å². The molecule has 118 valence electrons. The third-order valence-electron chi connectivity index (χ3n) is 4.26. The molecule has 6 heteroatoms. The average Bonchev–Trinajstić information content (AvgIpc) is 3.06. The van der Waals surface area contributed by atoms with Crippen LogP contribution in [0.4, 0.5) is 10.2 Å². The lowest BCUT2D eigenvalue weighted by Crippen LogP contribution is -2.46. The van der Waals surface area contributed by atoms with Crippen molar-refractivity contribution >= 4 is 27.4 Å². The first-order chi connectivity index (χ1) is 11.3. The zero-order chi connectivity index (χ0) is 15.6. The van der Waals surface area contributed by atoms with Crippen LogP contribution >= 0.6 is 11.3 Å². The van der Waals surface area contributed by atoms with Crippen LogP contribution in [0.1, 0.15) is 5.56 Å². The summed E-state index contributed by atoms with van der Waals surface area (Å²) in [6, 6.07) is 9.10. The van der Waals surface area contributed by atoms with Gasteiger partial charge in [0.05, 0.1) is 5.39 Å².